The molecule has 5 heteroatoms. The molecule has 0 fully saturated rings. The summed E-state index contributed by atoms with van der Waals surface area (Å²) in [6.07, 6.45) is -2.99. The zero-order valence-electron chi connectivity index (χ0n) is 11.5. The molecule has 0 N–H and O–H groups in total. The standard InChI is InChI=1S/C16H15F3OS/c1-2-3-10-21-14-12-7-5-4-6-11(12)8-9-13(14)15(20)16(17,18)19/h4-9H,2-3,10H2,1H3. The Balaban J connectivity index is 2.53. The minimum atomic E-state index is -4.84. The van der Waals surface area contributed by atoms with Gasteiger partial charge in [-0.2, -0.15) is 13.2 Å². The molecular formula is C16H15F3OS. The number of Topliss-reactive ketones (excluding diaryl/α,β-unsaturated/α-hetero) is 1. The van der Waals surface area contributed by atoms with Gasteiger partial charge in [-0.3, -0.25) is 4.79 Å². The van der Waals surface area contributed by atoms with Crippen molar-refractivity contribution in [3.63, 3.8) is 0 Å². The van der Waals surface area contributed by atoms with Crippen molar-refractivity contribution in [2.45, 2.75) is 30.8 Å². The molecule has 0 aliphatic heterocycles. The zero-order valence-corrected chi connectivity index (χ0v) is 12.4. The molecule has 2 aromatic rings. The molecule has 0 bridgehead atoms. The summed E-state index contributed by atoms with van der Waals surface area (Å²) in [7, 11) is 0. The molecule has 0 spiro atoms. The molecule has 0 amide bonds. The molecule has 0 aliphatic rings. The first-order chi connectivity index (χ1) is 9.95. The summed E-state index contributed by atoms with van der Waals surface area (Å²) >= 11 is 1.32. The zero-order chi connectivity index (χ0) is 15.5. The number of rotatable bonds is 5. The Hall–Kier alpha value is -1.49. The number of hydrogen-bond acceptors (Lipinski definition) is 2. The van der Waals surface area contributed by atoms with E-state index in [1.54, 1.807) is 18.2 Å². The van der Waals surface area contributed by atoms with Gasteiger partial charge >= 0.3 is 6.18 Å². The maximum atomic E-state index is 12.7. The number of fused-ring (bicyclic) bond motifs is 1. The molecule has 0 aliphatic carbocycles. The Labute approximate surface area is 125 Å². The SMILES string of the molecule is CCCCSc1c(C(=O)C(F)(F)F)ccc2ccccc12. The van der Waals surface area contributed by atoms with Gasteiger partial charge < -0.3 is 0 Å². The van der Waals surface area contributed by atoms with Gasteiger partial charge in [0, 0.05) is 10.5 Å². The fraction of sp³-hybridized carbons (Fsp3) is 0.312. The van der Waals surface area contributed by atoms with Crippen LogP contribution >= 0.6 is 11.8 Å². The number of benzene rings is 2. The van der Waals surface area contributed by atoms with Crippen LogP contribution in [-0.4, -0.2) is 17.7 Å². The van der Waals surface area contributed by atoms with Gasteiger partial charge in [0.2, 0.25) is 0 Å². The average molecular weight is 312 g/mol. The average Bonchev–Trinajstić information content (AvgIpc) is 2.46. The van der Waals surface area contributed by atoms with E-state index in [1.807, 2.05) is 19.1 Å². The van der Waals surface area contributed by atoms with E-state index in [4.69, 9.17) is 0 Å². The number of unbranched alkanes of at least 4 members (excludes halogenated alkanes) is 1. The lowest BCUT2D eigenvalue weighted by Gasteiger charge is -2.13. The summed E-state index contributed by atoms with van der Waals surface area (Å²) in [4.78, 5) is 12.1. The van der Waals surface area contributed by atoms with E-state index >= 15 is 0 Å². The summed E-state index contributed by atoms with van der Waals surface area (Å²) in [5.41, 5.74) is -0.248. The molecule has 0 saturated heterocycles. The van der Waals surface area contributed by atoms with Crippen molar-refractivity contribution >= 4 is 28.3 Å². The summed E-state index contributed by atoms with van der Waals surface area (Å²) in [5, 5.41) is 1.55. The first kappa shape index (κ1) is 15.9. The normalized spacial score (nSPS) is 11.8. The second-order valence-corrected chi connectivity index (χ2v) is 5.80. The van der Waals surface area contributed by atoms with Crippen molar-refractivity contribution < 1.29 is 18.0 Å². The lowest BCUT2D eigenvalue weighted by atomic mass is 10.0. The Kier molecular flexibility index (Phi) is 4.93. The van der Waals surface area contributed by atoms with E-state index in [0.29, 0.717) is 16.0 Å². The molecule has 112 valence electrons. The Bertz CT molecular complexity index is 650. The van der Waals surface area contributed by atoms with E-state index < -0.39 is 12.0 Å². The van der Waals surface area contributed by atoms with E-state index in [0.717, 1.165) is 18.2 Å². The van der Waals surface area contributed by atoms with Crippen molar-refractivity contribution in [2.24, 2.45) is 0 Å². The highest BCUT2D eigenvalue weighted by molar-refractivity contribution is 7.99. The number of carbonyl (C=O) groups is 1. The highest BCUT2D eigenvalue weighted by atomic mass is 32.2. The van der Waals surface area contributed by atoms with Gasteiger partial charge in [0.25, 0.3) is 5.78 Å². The molecule has 1 nitrogen and oxygen atoms in total. The van der Waals surface area contributed by atoms with Crippen LogP contribution in [0.4, 0.5) is 13.2 Å². The molecule has 0 heterocycles. The number of hydrogen-bond donors (Lipinski definition) is 0. The second-order valence-electron chi connectivity index (χ2n) is 4.69. The van der Waals surface area contributed by atoms with Crippen LogP contribution in [0.25, 0.3) is 10.8 Å². The summed E-state index contributed by atoms with van der Waals surface area (Å²) < 4.78 is 38.2. The summed E-state index contributed by atoms with van der Waals surface area (Å²) in [5.74, 6) is -1.07. The molecule has 0 unspecified atom stereocenters. The van der Waals surface area contributed by atoms with Crippen LogP contribution in [0.15, 0.2) is 41.3 Å². The first-order valence-electron chi connectivity index (χ1n) is 6.71. The van der Waals surface area contributed by atoms with Crippen molar-refractivity contribution in [3.05, 3.63) is 42.0 Å². The van der Waals surface area contributed by atoms with Gasteiger partial charge in [-0.15, -0.1) is 11.8 Å². The van der Waals surface area contributed by atoms with Crippen LogP contribution in [0.1, 0.15) is 30.1 Å². The lowest BCUT2D eigenvalue weighted by molar-refractivity contribution is -0.0886. The predicted molar refractivity (Wildman–Crippen MR) is 80.0 cm³/mol. The van der Waals surface area contributed by atoms with E-state index in [9.17, 15) is 18.0 Å². The molecule has 0 atom stereocenters. The van der Waals surface area contributed by atoms with Crippen LogP contribution in [0.5, 0.6) is 0 Å². The van der Waals surface area contributed by atoms with Crippen LogP contribution in [0.3, 0.4) is 0 Å². The number of thioether (sulfide) groups is 1. The van der Waals surface area contributed by atoms with Crippen molar-refractivity contribution in [1.29, 1.82) is 0 Å². The van der Waals surface area contributed by atoms with Gasteiger partial charge in [0.1, 0.15) is 0 Å². The fourth-order valence-corrected chi connectivity index (χ4v) is 3.34. The van der Waals surface area contributed by atoms with Gasteiger partial charge in [0.15, 0.2) is 0 Å². The van der Waals surface area contributed by atoms with Crippen molar-refractivity contribution in [2.75, 3.05) is 5.75 Å². The monoisotopic (exact) mass is 312 g/mol. The van der Waals surface area contributed by atoms with E-state index in [-0.39, 0.29) is 5.56 Å². The lowest BCUT2D eigenvalue weighted by Crippen LogP contribution is -2.23. The van der Waals surface area contributed by atoms with E-state index in [2.05, 4.69) is 0 Å². The van der Waals surface area contributed by atoms with Gasteiger partial charge in [-0.1, -0.05) is 43.7 Å². The molecule has 0 radical (unpaired) electrons. The maximum Gasteiger partial charge on any atom is 0.454 e. The minimum Gasteiger partial charge on any atom is -0.284 e. The van der Waals surface area contributed by atoms with Gasteiger partial charge in [0.05, 0.1) is 0 Å². The molecule has 2 aromatic carbocycles. The molecular weight excluding hydrogens is 297 g/mol. The van der Waals surface area contributed by atoms with Crippen LogP contribution in [-0.2, 0) is 0 Å². The third kappa shape index (κ3) is 3.59. The number of alkyl halides is 3. The largest absolute Gasteiger partial charge is 0.454 e. The Morgan fingerprint density at radius 2 is 1.86 bits per heavy atom. The smallest absolute Gasteiger partial charge is 0.284 e. The summed E-state index contributed by atoms with van der Waals surface area (Å²) in [6, 6.07) is 10.0. The van der Waals surface area contributed by atoms with Crippen LogP contribution in [0, 0.1) is 0 Å². The third-order valence-corrected chi connectivity index (χ3v) is 4.35. The number of ketones is 1. The Morgan fingerprint density at radius 1 is 1.14 bits per heavy atom. The molecule has 2 rings (SSSR count). The number of carbonyl (C=O) groups excluding carboxylic acids is 1. The highest BCUT2D eigenvalue weighted by Crippen LogP contribution is 2.35. The molecule has 21 heavy (non-hydrogen) atoms. The predicted octanol–water partition coefficient (Wildman–Crippen LogP) is 5.48. The Morgan fingerprint density at radius 3 is 2.52 bits per heavy atom. The van der Waals surface area contributed by atoms with E-state index in [1.165, 1.54) is 17.8 Å². The van der Waals surface area contributed by atoms with Crippen LogP contribution in [0.2, 0.25) is 0 Å². The van der Waals surface area contributed by atoms with Gasteiger partial charge in [-0.05, 0) is 29.0 Å². The van der Waals surface area contributed by atoms with Crippen molar-refractivity contribution in [1.82, 2.24) is 0 Å². The van der Waals surface area contributed by atoms with Crippen molar-refractivity contribution in [3.8, 4) is 0 Å². The van der Waals surface area contributed by atoms with Gasteiger partial charge in [-0.25, -0.2) is 0 Å². The fourth-order valence-electron chi connectivity index (χ4n) is 2.05. The highest BCUT2D eigenvalue weighted by Gasteiger charge is 2.40. The quantitative estimate of drug-likeness (QED) is 0.413. The topological polar surface area (TPSA) is 17.1 Å². The second kappa shape index (κ2) is 6.52. The van der Waals surface area contributed by atoms with Crippen LogP contribution < -0.4 is 0 Å². The third-order valence-electron chi connectivity index (χ3n) is 3.13. The molecule has 0 aromatic heterocycles. The first-order valence-corrected chi connectivity index (χ1v) is 7.69. The maximum absolute atomic E-state index is 12.7. The molecule has 0 saturated carbocycles. The number of halogens is 3. The summed E-state index contributed by atoms with van der Waals surface area (Å²) in [6.45, 7) is 2.02. The minimum absolute atomic E-state index is 0.248.